The number of amides is 2. The number of carbonyl (C=O) groups excluding carboxylic acids is 2. The molecule has 9 nitrogen and oxygen atoms in total. The van der Waals surface area contributed by atoms with Crippen LogP contribution in [0.1, 0.15) is 18.1 Å². The summed E-state index contributed by atoms with van der Waals surface area (Å²) < 4.78 is 11.4. The predicted octanol–water partition coefficient (Wildman–Crippen LogP) is 5.42. The molecule has 34 heavy (non-hydrogen) atoms. The van der Waals surface area contributed by atoms with Crippen LogP contribution in [-0.4, -0.2) is 32.6 Å². The average molecular weight is 477 g/mol. The van der Waals surface area contributed by atoms with Gasteiger partial charge in [0.25, 0.3) is 16.8 Å². The van der Waals surface area contributed by atoms with Crippen molar-refractivity contribution >= 4 is 34.7 Å². The summed E-state index contributed by atoms with van der Waals surface area (Å²) in [6.45, 7) is 2.39. The van der Waals surface area contributed by atoms with E-state index in [1.165, 1.54) is 17.0 Å². The second kappa shape index (κ2) is 10.2. The number of hydrogen-bond acceptors (Lipinski definition) is 8. The van der Waals surface area contributed by atoms with E-state index in [0.717, 1.165) is 23.5 Å². The van der Waals surface area contributed by atoms with Crippen molar-refractivity contribution in [2.24, 2.45) is 0 Å². The third-order valence-corrected chi connectivity index (χ3v) is 5.68. The SMILES string of the molecule is CCOc1cc(/C=C2\SC(=O)N(Cc3ccccc3)C2=O)ccc1Oc1ccc([N+](=O)[O-])cn1. The number of benzene rings is 2. The molecule has 1 aromatic heterocycles. The Hall–Kier alpha value is -4.18. The Morgan fingerprint density at radius 2 is 1.88 bits per heavy atom. The van der Waals surface area contributed by atoms with Crippen LogP contribution in [0.5, 0.6) is 17.4 Å². The van der Waals surface area contributed by atoms with Crippen molar-refractivity contribution < 1.29 is 24.0 Å². The molecule has 4 rings (SSSR count). The van der Waals surface area contributed by atoms with Gasteiger partial charge < -0.3 is 9.47 Å². The summed E-state index contributed by atoms with van der Waals surface area (Å²) >= 11 is 0.887. The molecule has 0 N–H and O–H groups in total. The smallest absolute Gasteiger partial charge is 0.293 e. The maximum Gasteiger partial charge on any atom is 0.293 e. The molecule has 1 aliphatic rings. The first-order valence-electron chi connectivity index (χ1n) is 10.3. The van der Waals surface area contributed by atoms with Crippen LogP contribution < -0.4 is 9.47 Å². The molecule has 172 valence electrons. The minimum Gasteiger partial charge on any atom is -0.490 e. The number of hydrogen-bond donors (Lipinski definition) is 0. The van der Waals surface area contributed by atoms with E-state index in [4.69, 9.17) is 9.47 Å². The Morgan fingerprint density at radius 1 is 1.09 bits per heavy atom. The number of aromatic nitrogens is 1. The molecule has 2 aromatic carbocycles. The molecule has 0 unspecified atom stereocenters. The van der Waals surface area contributed by atoms with Gasteiger partial charge in [-0.25, -0.2) is 4.98 Å². The maximum atomic E-state index is 12.8. The molecule has 0 atom stereocenters. The highest BCUT2D eigenvalue weighted by Crippen LogP contribution is 2.36. The van der Waals surface area contributed by atoms with Crippen LogP contribution in [-0.2, 0) is 11.3 Å². The number of carbonyl (C=O) groups is 2. The summed E-state index contributed by atoms with van der Waals surface area (Å²) in [7, 11) is 0. The largest absolute Gasteiger partial charge is 0.490 e. The van der Waals surface area contributed by atoms with Gasteiger partial charge in [-0.05, 0) is 48.0 Å². The van der Waals surface area contributed by atoms with Gasteiger partial charge in [-0.1, -0.05) is 36.4 Å². The van der Waals surface area contributed by atoms with Crippen LogP contribution in [0.4, 0.5) is 10.5 Å². The average Bonchev–Trinajstić information content (AvgIpc) is 3.09. The van der Waals surface area contributed by atoms with E-state index in [0.29, 0.717) is 28.6 Å². The Kier molecular flexibility index (Phi) is 6.88. The molecule has 2 heterocycles. The van der Waals surface area contributed by atoms with Crippen molar-refractivity contribution in [3.8, 4) is 17.4 Å². The summed E-state index contributed by atoms with van der Waals surface area (Å²) in [5.74, 6) is 0.575. The predicted molar refractivity (Wildman–Crippen MR) is 127 cm³/mol. The molecule has 10 heteroatoms. The zero-order valence-corrected chi connectivity index (χ0v) is 18.9. The molecule has 0 aliphatic carbocycles. The third-order valence-electron chi connectivity index (χ3n) is 4.77. The molecule has 1 saturated heterocycles. The molecular formula is C24H19N3O6S. The van der Waals surface area contributed by atoms with Crippen LogP contribution in [0.3, 0.4) is 0 Å². The molecule has 1 aliphatic heterocycles. The van der Waals surface area contributed by atoms with E-state index in [2.05, 4.69) is 4.98 Å². The van der Waals surface area contributed by atoms with Crippen LogP contribution in [0.2, 0.25) is 0 Å². The minimum absolute atomic E-state index is 0.144. The number of thioether (sulfide) groups is 1. The fourth-order valence-electron chi connectivity index (χ4n) is 3.17. The van der Waals surface area contributed by atoms with Gasteiger partial charge in [0, 0.05) is 12.1 Å². The second-order valence-electron chi connectivity index (χ2n) is 7.11. The number of imide groups is 1. The number of nitrogens with zero attached hydrogens (tertiary/aromatic N) is 3. The van der Waals surface area contributed by atoms with Gasteiger partial charge >= 0.3 is 0 Å². The highest BCUT2D eigenvalue weighted by atomic mass is 32.2. The Balaban J connectivity index is 1.54. The van der Waals surface area contributed by atoms with Crippen molar-refractivity contribution in [3.63, 3.8) is 0 Å². The van der Waals surface area contributed by atoms with E-state index >= 15 is 0 Å². The highest BCUT2D eigenvalue weighted by Gasteiger charge is 2.35. The lowest BCUT2D eigenvalue weighted by Crippen LogP contribution is -2.27. The number of ether oxygens (including phenoxy) is 2. The molecule has 0 saturated carbocycles. The number of nitro groups is 1. The lowest BCUT2D eigenvalue weighted by molar-refractivity contribution is -0.385. The van der Waals surface area contributed by atoms with Gasteiger partial charge in [0.15, 0.2) is 11.5 Å². The molecule has 2 amide bonds. The van der Waals surface area contributed by atoms with Crippen LogP contribution in [0.25, 0.3) is 6.08 Å². The first-order valence-corrected chi connectivity index (χ1v) is 11.1. The molecule has 3 aromatic rings. The zero-order chi connectivity index (χ0) is 24.1. The Morgan fingerprint density at radius 3 is 2.56 bits per heavy atom. The van der Waals surface area contributed by atoms with Crippen LogP contribution in [0, 0.1) is 10.1 Å². The minimum atomic E-state index is -0.543. The highest BCUT2D eigenvalue weighted by molar-refractivity contribution is 8.18. The number of pyridine rings is 1. The van der Waals surface area contributed by atoms with Crippen LogP contribution in [0.15, 0.2) is 71.8 Å². The fourth-order valence-corrected chi connectivity index (χ4v) is 4.01. The van der Waals surface area contributed by atoms with Gasteiger partial charge in [0.1, 0.15) is 6.20 Å². The topological polar surface area (TPSA) is 112 Å². The van der Waals surface area contributed by atoms with E-state index in [1.807, 2.05) is 37.3 Å². The Bertz CT molecular complexity index is 1260. The van der Waals surface area contributed by atoms with E-state index in [9.17, 15) is 19.7 Å². The van der Waals surface area contributed by atoms with Crippen molar-refractivity contribution in [2.45, 2.75) is 13.5 Å². The maximum absolute atomic E-state index is 12.8. The van der Waals surface area contributed by atoms with Gasteiger partial charge in [-0.2, -0.15) is 0 Å². The summed E-state index contributed by atoms with van der Waals surface area (Å²) in [6.07, 6.45) is 2.74. The zero-order valence-electron chi connectivity index (χ0n) is 18.0. The molecule has 0 bridgehead atoms. The van der Waals surface area contributed by atoms with E-state index in [-0.39, 0.29) is 29.3 Å². The lowest BCUT2D eigenvalue weighted by atomic mass is 10.1. The molecular weight excluding hydrogens is 458 g/mol. The van der Waals surface area contributed by atoms with Crippen molar-refractivity contribution in [1.82, 2.24) is 9.88 Å². The summed E-state index contributed by atoms with van der Waals surface area (Å²) in [6, 6.07) is 17.0. The third kappa shape index (κ3) is 5.24. The summed E-state index contributed by atoms with van der Waals surface area (Å²) in [5, 5.41) is 10.5. The summed E-state index contributed by atoms with van der Waals surface area (Å²) in [5.41, 5.74) is 1.37. The van der Waals surface area contributed by atoms with E-state index < -0.39 is 4.92 Å². The first kappa shape index (κ1) is 23.0. The fraction of sp³-hybridized carbons (Fsp3) is 0.125. The van der Waals surface area contributed by atoms with Crippen molar-refractivity contribution in [2.75, 3.05) is 6.61 Å². The number of rotatable bonds is 8. The normalized spacial score (nSPS) is 14.5. The quantitative estimate of drug-likeness (QED) is 0.240. The summed E-state index contributed by atoms with van der Waals surface area (Å²) in [4.78, 5) is 41.0. The van der Waals surface area contributed by atoms with Gasteiger partial charge in [0.2, 0.25) is 5.88 Å². The van der Waals surface area contributed by atoms with Crippen molar-refractivity contribution in [1.29, 1.82) is 0 Å². The van der Waals surface area contributed by atoms with Crippen LogP contribution >= 0.6 is 11.8 Å². The lowest BCUT2D eigenvalue weighted by Gasteiger charge is -2.12. The van der Waals surface area contributed by atoms with Gasteiger partial charge in [-0.15, -0.1) is 0 Å². The van der Waals surface area contributed by atoms with Gasteiger partial charge in [-0.3, -0.25) is 24.6 Å². The van der Waals surface area contributed by atoms with E-state index in [1.54, 1.807) is 24.3 Å². The standard InChI is InChI=1S/C24H19N3O6S/c1-2-32-20-12-17(8-10-19(20)33-22-11-9-18(14-25-22)27(30)31)13-21-23(28)26(24(29)34-21)15-16-6-4-3-5-7-16/h3-14H,2,15H2,1H3/b21-13-. The monoisotopic (exact) mass is 477 g/mol. The molecule has 0 radical (unpaired) electrons. The second-order valence-corrected chi connectivity index (χ2v) is 8.10. The molecule has 0 spiro atoms. The first-order chi connectivity index (χ1) is 16.4. The van der Waals surface area contributed by atoms with Gasteiger partial charge in [0.05, 0.1) is 23.0 Å². The Labute approximate surface area is 199 Å². The molecule has 1 fully saturated rings. The van der Waals surface area contributed by atoms with Crippen molar-refractivity contribution in [3.05, 3.63) is 93.0 Å².